The lowest BCUT2D eigenvalue weighted by atomic mass is 9.94. The van der Waals surface area contributed by atoms with Crippen molar-refractivity contribution in [2.24, 2.45) is 0 Å². The van der Waals surface area contributed by atoms with Crippen LogP contribution in [0.3, 0.4) is 0 Å². The van der Waals surface area contributed by atoms with E-state index in [0.717, 1.165) is 31.2 Å². The molecule has 0 bridgehead atoms. The predicted octanol–water partition coefficient (Wildman–Crippen LogP) is 2.85. The Morgan fingerprint density at radius 2 is 2.00 bits per heavy atom. The van der Waals surface area contributed by atoms with Gasteiger partial charge in [0.25, 0.3) is 0 Å². The highest BCUT2D eigenvalue weighted by Crippen LogP contribution is 2.39. The molecule has 0 radical (unpaired) electrons. The molecule has 1 aliphatic heterocycles. The maximum absolute atomic E-state index is 13.1. The standard InChI is InChI=1S/C19H23N5O3/c1-12-16(18(25)27-13-8-4-3-5-9-13)17(24-19(20-12)21-22-23-24)14-10-6-7-11-15(14)26-2/h6-7,10-11,13,17H,3-5,8-9H2,1-2H3,(H,20,21,23)/t17-/m0/s1. The van der Waals surface area contributed by atoms with E-state index < -0.39 is 6.04 Å². The Balaban J connectivity index is 1.74. The summed E-state index contributed by atoms with van der Waals surface area (Å²) in [6, 6.07) is 7.06. The predicted molar refractivity (Wildman–Crippen MR) is 98.2 cm³/mol. The molecule has 0 amide bonds. The Kier molecular flexibility index (Phi) is 4.79. The number of benzene rings is 1. The fourth-order valence-corrected chi connectivity index (χ4v) is 3.85. The van der Waals surface area contributed by atoms with Gasteiger partial charge in [0.05, 0.1) is 12.7 Å². The second kappa shape index (κ2) is 7.38. The van der Waals surface area contributed by atoms with E-state index in [1.165, 1.54) is 6.42 Å². The van der Waals surface area contributed by atoms with Gasteiger partial charge in [0.15, 0.2) is 0 Å². The Labute approximate surface area is 157 Å². The lowest BCUT2D eigenvalue weighted by molar-refractivity contribution is -0.146. The summed E-state index contributed by atoms with van der Waals surface area (Å²) in [6.07, 6.45) is 5.21. The first-order chi connectivity index (χ1) is 13.2. The highest BCUT2D eigenvalue weighted by Gasteiger charge is 2.37. The number of allylic oxidation sites excluding steroid dienone is 1. The van der Waals surface area contributed by atoms with Crippen molar-refractivity contribution >= 4 is 11.9 Å². The average molecular weight is 369 g/mol. The zero-order valence-electron chi connectivity index (χ0n) is 15.5. The van der Waals surface area contributed by atoms with E-state index in [4.69, 9.17) is 9.47 Å². The maximum Gasteiger partial charge on any atom is 0.338 e. The number of rotatable bonds is 4. The molecule has 8 nitrogen and oxygen atoms in total. The van der Waals surface area contributed by atoms with Crippen molar-refractivity contribution in [3.63, 3.8) is 0 Å². The minimum absolute atomic E-state index is 0.0277. The number of anilines is 1. The number of para-hydroxylation sites is 1. The molecule has 8 heteroatoms. The molecule has 2 aromatic rings. The summed E-state index contributed by atoms with van der Waals surface area (Å²) >= 11 is 0. The maximum atomic E-state index is 13.1. The first-order valence-electron chi connectivity index (χ1n) is 9.28. The number of hydrogen-bond acceptors (Lipinski definition) is 7. The molecule has 1 atom stereocenters. The number of nitrogens with one attached hydrogen (secondary N) is 1. The number of carbonyl (C=O) groups is 1. The van der Waals surface area contributed by atoms with Gasteiger partial charge in [-0.3, -0.25) is 0 Å². The fraction of sp³-hybridized carbons (Fsp3) is 0.474. The van der Waals surface area contributed by atoms with Crippen molar-refractivity contribution in [2.75, 3.05) is 12.4 Å². The molecular weight excluding hydrogens is 346 g/mol. The topological polar surface area (TPSA) is 91.2 Å². The van der Waals surface area contributed by atoms with Crippen LogP contribution in [0.2, 0.25) is 0 Å². The van der Waals surface area contributed by atoms with E-state index in [1.807, 2.05) is 31.2 Å². The molecule has 27 heavy (non-hydrogen) atoms. The number of ether oxygens (including phenoxy) is 2. The van der Waals surface area contributed by atoms with Crippen LogP contribution in [0.25, 0.3) is 0 Å². The van der Waals surface area contributed by atoms with Crippen LogP contribution in [0.4, 0.5) is 5.95 Å². The zero-order chi connectivity index (χ0) is 18.8. The lowest BCUT2D eigenvalue weighted by Crippen LogP contribution is -2.32. The van der Waals surface area contributed by atoms with E-state index in [9.17, 15) is 4.79 Å². The van der Waals surface area contributed by atoms with Gasteiger partial charge in [-0.15, -0.1) is 0 Å². The summed E-state index contributed by atoms with van der Waals surface area (Å²) in [5.41, 5.74) is 2.00. The third-order valence-electron chi connectivity index (χ3n) is 5.19. The number of hydrogen-bond donors (Lipinski definition) is 1. The van der Waals surface area contributed by atoms with Crippen molar-refractivity contribution in [3.8, 4) is 5.75 Å². The highest BCUT2D eigenvalue weighted by molar-refractivity contribution is 5.92. The van der Waals surface area contributed by atoms with Gasteiger partial charge < -0.3 is 14.8 Å². The number of aromatic nitrogens is 4. The van der Waals surface area contributed by atoms with Crippen molar-refractivity contribution in [3.05, 3.63) is 41.1 Å². The third kappa shape index (κ3) is 3.27. The Morgan fingerprint density at radius 1 is 1.22 bits per heavy atom. The van der Waals surface area contributed by atoms with Gasteiger partial charge in [-0.1, -0.05) is 29.7 Å². The van der Waals surface area contributed by atoms with Crippen LogP contribution in [-0.4, -0.2) is 39.4 Å². The van der Waals surface area contributed by atoms with Crippen molar-refractivity contribution in [2.45, 2.75) is 51.2 Å². The number of nitrogens with zero attached hydrogens (tertiary/aromatic N) is 4. The Bertz CT molecular complexity index is 870. The molecule has 0 unspecified atom stereocenters. The number of fused-ring (bicyclic) bond motifs is 1. The van der Waals surface area contributed by atoms with Gasteiger partial charge in [0.1, 0.15) is 17.9 Å². The SMILES string of the molecule is COc1ccccc1[C@H]1C(C(=O)OC2CCCCC2)=C(C)Nc2nnnn21. The van der Waals surface area contributed by atoms with Gasteiger partial charge in [-0.05, 0) is 49.1 Å². The Hall–Kier alpha value is -2.90. The smallest absolute Gasteiger partial charge is 0.338 e. The first-order valence-corrected chi connectivity index (χ1v) is 9.28. The minimum Gasteiger partial charge on any atom is -0.496 e. The summed E-state index contributed by atoms with van der Waals surface area (Å²) in [5, 5.41) is 15.0. The largest absolute Gasteiger partial charge is 0.496 e. The number of methoxy groups -OCH3 is 1. The second-order valence-electron chi connectivity index (χ2n) is 6.92. The van der Waals surface area contributed by atoms with E-state index in [0.29, 0.717) is 23.0 Å². The monoisotopic (exact) mass is 369 g/mol. The summed E-state index contributed by atoms with van der Waals surface area (Å²) in [4.78, 5) is 13.1. The van der Waals surface area contributed by atoms with Gasteiger partial charge in [-0.25, -0.2) is 4.79 Å². The molecule has 1 saturated carbocycles. The van der Waals surface area contributed by atoms with E-state index in [-0.39, 0.29) is 12.1 Å². The van der Waals surface area contributed by atoms with Crippen LogP contribution in [0.15, 0.2) is 35.5 Å². The molecule has 1 fully saturated rings. The van der Waals surface area contributed by atoms with Crippen LogP contribution >= 0.6 is 0 Å². The van der Waals surface area contributed by atoms with Gasteiger partial charge >= 0.3 is 5.97 Å². The second-order valence-corrected chi connectivity index (χ2v) is 6.92. The molecule has 2 heterocycles. The average Bonchev–Trinajstić information content (AvgIpc) is 3.15. The van der Waals surface area contributed by atoms with Crippen LogP contribution < -0.4 is 10.1 Å². The lowest BCUT2D eigenvalue weighted by Gasteiger charge is -2.30. The van der Waals surface area contributed by atoms with Crippen LogP contribution in [-0.2, 0) is 9.53 Å². The number of tetrazole rings is 1. The molecule has 1 aromatic heterocycles. The van der Waals surface area contributed by atoms with E-state index in [2.05, 4.69) is 20.8 Å². The molecule has 142 valence electrons. The molecule has 1 N–H and O–H groups in total. The Morgan fingerprint density at radius 3 is 2.78 bits per heavy atom. The van der Waals surface area contributed by atoms with Crippen LogP contribution in [0.5, 0.6) is 5.75 Å². The van der Waals surface area contributed by atoms with E-state index in [1.54, 1.807) is 11.8 Å². The van der Waals surface area contributed by atoms with Crippen molar-refractivity contribution < 1.29 is 14.3 Å². The minimum atomic E-state index is -0.511. The first kappa shape index (κ1) is 17.5. The van der Waals surface area contributed by atoms with Gasteiger partial charge in [0.2, 0.25) is 5.95 Å². The summed E-state index contributed by atoms with van der Waals surface area (Å²) in [6.45, 7) is 1.85. The third-order valence-corrected chi connectivity index (χ3v) is 5.19. The molecule has 1 aliphatic carbocycles. The quantitative estimate of drug-likeness (QED) is 0.829. The van der Waals surface area contributed by atoms with Crippen LogP contribution in [0, 0.1) is 0 Å². The van der Waals surface area contributed by atoms with Crippen LogP contribution in [0.1, 0.15) is 50.6 Å². The van der Waals surface area contributed by atoms with Gasteiger partial charge in [0, 0.05) is 11.3 Å². The molecule has 4 rings (SSSR count). The fourth-order valence-electron chi connectivity index (χ4n) is 3.85. The van der Waals surface area contributed by atoms with Crippen molar-refractivity contribution in [1.29, 1.82) is 0 Å². The molecule has 2 aliphatic rings. The molecule has 1 aromatic carbocycles. The summed E-state index contributed by atoms with van der Waals surface area (Å²) < 4.78 is 13.0. The van der Waals surface area contributed by atoms with E-state index >= 15 is 0 Å². The molecular formula is C19H23N5O3. The summed E-state index contributed by atoms with van der Waals surface area (Å²) in [7, 11) is 1.61. The zero-order valence-corrected chi connectivity index (χ0v) is 15.5. The van der Waals surface area contributed by atoms with Gasteiger partial charge in [-0.2, -0.15) is 4.68 Å². The normalized spacial score (nSPS) is 20.0. The molecule has 0 saturated heterocycles. The highest BCUT2D eigenvalue weighted by atomic mass is 16.5. The number of esters is 1. The van der Waals surface area contributed by atoms with Crippen molar-refractivity contribution in [1.82, 2.24) is 20.2 Å². The molecule has 0 spiro atoms. The number of carbonyl (C=O) groups excluding carboxylic acids is 1. The summed E-state index contributed by atoms with van der Waals surface area (Å²) in [5.74, 6) is 0.822.